The quantitative estimate of drug-likeness (QED) is 0.943. The third kappa shape index (κ3) is 3.08. The molecular weight excluding hydrogens is 288 g/mol. The van der Waals surface area contributed by atoms with Gasteiger partial charge >= 0.3 is 0 Å². The number of aromatic nitrogens is 2. The van der Waals surface area contributed by atoms with Gasteiger partial charge in [-0.05, 0) is 38.1 Å². The van der Waals surface area contributed by atoms with Crippen LogP contribution in [0.15, 0.2) is 29.2 Å². The summed E-state index contributed by atoms with van der Waals surface area (Å²) in [5, 5.41) is 0. The van der Waals surface area contributed by atoms with Gasteiger partial charge < -0.3 is 0 Å². The van der Waals surface area contributed by atoms with Gasteiger partial charge in [-0.25, -0.2) is 31.9 Å². The van der Waals surface area contributed by atoms with Gasteiger partial charge in [-0.3, -0.25) is 0 Å². The van der Waals surface area contributed by atoms with E-state index in [0.29, 0.717) is 17.5 Å². The smallest absolute Gasteiger partial charge is 0.247 e. The topological polar surface area (TPSA) is 72.0 Å². The van der Waals surface area contributed by atoms with Gasteiger partial charge in [-0.15, -0.1) is 0 Å². The zero-order valence-electron chi connectivity index (χ0n) is 10.7. The number of sulfonamides is 1. The van der Waals surface area contributed by atoms with Gasteiger partial charge in [0, 0.05) is 11.4 Å². The lowest BCUT2D eigenvalue weighted by atomic mass is 10.3. The maximum absolute atomic E-state index is 13.5. The summed E-state index contributed by atoms with van der Waals surface area (Å²) in [4.78, 5) is 6.97. The maximum Gasteiger partial charge on any atom is 0.267 e. The average molecular weight is 299 g/mol. The molecule has 1 N–H and O–H groups in total. The summed E-state index contributed by atoms with van der Waals surface area (Å²) in [5.74, 6) is -2.09. The van der Waals surface area contributed by atoms with E-state index >= 15 is 0 Å². The molecule has 106 valence electrons. The van der Waals surface area contributed by atoms with E-state index in [1.807, 2.05) is 4.72 Å². The third-order valence-corrected chi connectivity index (χ3v) is 3.73. The summed E-state index contributed by atoms with van der Waals surface area (Å²) in [6, 6.07) is 3.83. The van der Waals surface area contributed by atoms with E-state index in [2.05, 4.69) is 9.97 Å². The van der Waals surface area contributed by atoms with Gasteiger partial charge in [0.1, 0.15) is 16.5 Å². The van der Waals surface area contributed by atoms with Crippen LogP contribution >= 0.6 is 0 Å². The average Bonchev–Trinajstić information content (AvgIpc) is 2.30. The zero-order valence-corrected chi connectivity index (χ0v) is 11.5. The van der Waals surface area contributed by atoms with Crippen molar-refractivity contribution < 1.29 is 17.2 Å². The molecule has 0 bridgehead atoms. The van der Waals surface area contributed by atoms with Crippen LogP contribution in [0.1, 0.15) is 11.4 Å². The molecule has 20 heavy (non-hydrogen) atoms. The summed E-state index contributed by atoms with van der Waals surface area (Å²) in [7, 11) is -4.29. The lowest BCUT2D eigenvalue weighted by molar-refractivity contribution is 0.555. The molecule has 1 aromatic heterocycles. The number of rotatable bonds is 3. The van der Waals surface area contributed by atoms with Gasteiger partial charge in [0.05, 0.1) is 0 Å². The third-order valence-electron chi connectivity index (χ3n) is 2.39. The predicted octanol–water partition coefficient (Wildman–Crippen LogP) is 2.17. The Morgan fingerprint density at radius 1 is 1.05 bits per heavy atom. The first-order valence-electron chi connectivity index (χ1n) is 5.58. The van der Waals surface area contributed by atoms with E-state index < -0.39 is 26.6 Å². The van der Waals surface area contributed by atoms with Crippen LogP contribution in [-0.2, 0) is 10.0 Å². The predicted molar refractivity (Wildman–Crippen MR) is 68.7 cm³/mol. The van der Waals surface area contributed by atoms with Crippen molar-refractivity contribution in [2.24, 2.45) is 0 Å². The van der Waals surface area contributed by atoms with Crippen LogP contribution in [0.4, 0.5) is 14.7 Å². The fourth-order valence-corrected chi connectivity index (χ4v) is 2.66. The molecule has 0 aliphatic heterocycles. The molecule has 0 radical (unpaired) electrons. The van der Waals surface area contributed by atoms with Crippen LogP contribution in [0.5, 0.6) is 0 Å². The Kier molecular flexibility index (Phi) is 3.67. The summed E-state index contributed by atoms with van der Waals surface area (Å²) in [5.41, 5.74) is 1.10. The summed E-state index contributed by atoms with van der Waals surface area (Å²) >= 11 is 0. The van der Waals surface area contributed by atoms with E-state index in [1.165, 1.54) is 0 Å². The molecule has 5 nitrogen and oxygen atoms in total. The lowest BCUT2D eigenvalue weighted by Crippen LogP contribution is -2.17. The number of nitrogens with zero attached hydrogens (tertiary/aromatic N) is 2. The number of aryl methyl sites for hydroxylation is 2. The normalized spacial score (nSPS) is 11.4. The molecule has 8 heteroatoms. The summed E-state index contributed by atoms with van der Waals surface area (Å²) < 4.78 is 52.6. The van der Waals surface area contributed by atoms with Gasteiger partial charge in [0.25, 0.3) is 10.0 Å². The fraction of sp³-hybridized carbons (Fsp3) is 0.167. The molecule has 0 atom stereocenters. The van der Waals surface area contributed by atoms with Crippen LogP contribution in [-0.4, -0.2) is 18.4 Å². The van der Waals surface area contributed by atoms with Crippen molar-refractivity contribution in [2.45, 2.75) is 18.7 Å². The molecule has 0 saturated heterocycles. The molecule has 2 aromatic rings. The molecule has 0 amide bonds. The molecule has 0 aliphatic carbocycles. The molecule has 1 aromatic carbocycles. The number of nitrogens with one attached hydrogen (secondary N) is 1. The SMILES string of the molecule is Cc1cc(C)nc(NS(=O)(=O)c2cc(F)ccc2F)n1. The highest BCUT2D eigenvalue weighted by molar-refractivity contribution is 7.92. The molecule has 0 spiro atoms. The Morgan fingerprint density at radius 3 is 2.25 bits per heavy atom. The van der Waals surface area contributed by atoms with Gasteiger partial charge in [0.2, 0.25) is 5.95 Å². The molecule has 0 fully saturated rings. The number of hydrogen-bond donors (Lipinski definition) is 1. The standard InChI is InChI=1S/C12H11F2N3O2S/c1-7-5-8(2)16-12(15-7)17-20(18,19)11-6-9(13)3-4-10(11)14/h3-6H,1-2H3,(H,15,16,17). The number of halogens is 2. The fourth-order valence-electron chi connectivity index (χ4n) is 1.63. The van der Waals surface area contributed by atoms with Crippen molar-refractivity contribution in [3.05, 3.63) is 47.3 Å². The Labute approximate surface area is 114 Å². The molecule has 1 heterocycles. The first-order valence-corrected chi connectivity index (χ1v) is 7.06. The Bertz CT molecular complexity index is 743. The van der Waals surface area contributed by atoms with Crippen molar-refractivity contribution in [3.63, 3.8) is 0 Å². The highest BCUT2D eigenvalue weighted by atomic mass is 32.2. The highest BCUT2D eigenvalue weighted by Gasteiger charge is 2.21. The minimum Gasteiger partial charge on any atom is -0.247 e. The first kappa shape index (κ1) is 14.3. The summed E-state index contributed by atoms with van der Waals surface area (Å²) in [6.07, 6.45) is 0. The molecule has 0 saturated carbocycles. The van der Waals surface area contributed by atoms with E-state index in [4.69, 9.17) is 0 Å². The van der Waals surface area contributed by atoms with Gasteiger partial charge in [0.15, 0.2) is 0 Å². The second-order valence-corrected chi connectivity index (χ2v) is 5.81. The molecule has 0 unspecified atom stereocenters. The molecular formula is C12H11F2N3O2S. The van der Waals surface area contributed by atoms with Crippen LogP contribution in [0, 0.1) is 25.5 Å². The van der Waals surface area contributed by atoms with Crippen LogP contribution < -0.4 is 4.72 Å². The van der Waals surface area contributed by atoms with E-state index in [-0.39, 0.29) is 5.95 Å². The Morgan fingerprint density at radius 2 is 1.65 bits per heavy atom. The van der Waals surface area contributed by atoms with E-state index in [0.717, 1.165) is 12.1 Å². The van der Waals surface area contributed by atoms with Gasteiger partial charge in [-0.2, -0.15) is 0 Å². The van der Waals surface area contributed by atoms with Crippen LogP contribution in [0.2, 0.25) is 0 Å². The second-order valence-electron chi connectivity index (χ2n) is 4.15. The second kappa shape index (κ2) is 5.12. The van der Waals surface area contributed by atoms with Crippen molar-refractivity contribution in [3.8, 4) is 0 Å². The Hall–Kier alpha value is -2.09. The van der Waals surface area contributed by atoms with E-state index in [1.54, 1.807) is 19.9 Å². The Balaban J connectivity index is 2.43. The van der Waals surface area contributed by atoms with Crippen molar-refractivity contribution in [1.82, 2.24) is 9.97 Å². The summed E-state index contributed by atoms with van der Waals surface area (Å²) in [6.45, 7) is 3.32. The number of benzene rings is 1. The maximum atomic E-state index is 13.5. The van der Waals surface area contributed by atoms with Crippen molar-refractivity contribution in [1.29, 1.82) is 0 Å². The number of anilines is 1. The van der Waals surface area contributed by atoms with Crippen LogP contribution in [0.25, 0.3) is 0 Å². The number of hydrogen-bond acceptors (Lipinski definition) is 4. The lowest BCUT2D eigenvalue weighted by Gasteiger charge is -2.08. The largest absolute Gasteiger partial charge is 0.267 e. The highest BCUT2D eigenvalue weighted by Crippen LogP contribution is 2.18. The van der Waals surface area contributed by atoms with E-state index in [9.17, 15) is 17.2 Å². The van der Waals surface area contributed by atoms with Crippen molar-refractivity contribution >= 4 is 16.0 Å². The monoisotopic (exact) mass is 299 g/mol. The zero-order chi connectivity index (χ0) is 14.9. The minimum absolute atomic E-state index is 0.189. The minimum atomic E-state index is -4.29. The molecule has 0 aliphatic rings. The first-order chi connectivity index (χ1) is 9.28. The van der Waals surface area contributed by atoms with Crippen molar-refractivity contribution in [2.75, 3.05) is 4.72 Å². The molecule has 2 rings (SSSR count). The van der Waals surface area contributed by atoms with Crippen LogP contribution in [0.3, 0.4) is 0 Å². The van der Waals surface area contributed by atoms with Gasteiger partial charge in [-0.1, -0.05) is 0 Å².